The number of hydrogen-bond donors (Lipinski definition) is 3. The number of amides is 1. The van der Waals surface area contributed by atoms with Crippen LogP contribution in [0.2, 0.25) is 0 Å². The lowest BCUT2D eigenvalue weighted by atomic mass is 9.84. The lowest BCUT2D eigenvalue weighted by Gasteiger charge is -2.29. The van der Waals surface area contributed by atoms with Gasteiger partial charge in [0.25, 0.3) is 0 Å². The zero-order chi connectivity index (χ0) is 13.8. The van der Waals surface area contributed by atoms with Gasteiger partial charge in [-0.1, -0.05) is 12.8 Å². The van der Waals surface area contributed by atoms with Crippen LogP contribution in [0.15, 0.2) is 18.3 Å². The molecule has 1 aromatic heterocycles. The van der Waals surface area contributed by atoms with E-state index in [9.17, 15) is 14.7 Å². The Kier molecular flexibility index (Phi) is 3.99. The molecule has 1 heterocycles. The van der Waals surface area contributed by atoms with E-state index in [-0.39, 0.29) is 12.0 Å². The Balaban J connectivity index is 2.06. The SMILES string of the molecule is NC(=O)c1ccc(NC2CCCCC2C(=O)O)nc1. The first-order valence-corrected chi connectivity index (χ1v) is 6.33. The van der Waals surface area contributed by atoms with Crippen molar-refractivity contribution in [3.8, 4) is 0 Å². The quantitative estimate of drug-likeness (QED) is 0.757. The number of nitrogens with one attached hydrogen (secondary N) is 1. The smallest absolute Gasteiger partial charge is 0.308 e. The summed E-state index contributed by atoms with van der Waals surface area (Å²) in [5, 5.41) is 12.3. The van der Waals surface area contributed by atoms with Crippen LogP contribution in [0.3, 0.4) is 0 Å². The highest BCUT2D eigenvalue weighted by molar-refractivity contribution is 5.92. The van der Waals surface area contributed by atoms with Crippen molar-refractivity contribution in [1.82, 2.24) is 4.98 Å². The highest BCUT2D eigenvalue weighted by Crippen LogP contribution is 2.27. The van der Waals surface area contributed by atoms with Crippen LogP contribution >= 0.6 is 0 Å². The minimum atomic E-state index is -0.772. The standard InChI is InChI=1S/C13H17N3O3/c14-12(17)8-5-6-11(15-7-8)16-10-4-2-1-3-9(10)13(18)19/h5-7,9-10H,1-4H2,(H2,14,17)(H,15,16)(H,18,19). The summed E-state index contributed by atoms with van der Waals surface area (Å²) in [7, 11) is 0. The maximum Gasteiger partial charge on any atom is 0.308 e. The number of aromatic nitrogens is 1. The molecule has 0 aromatic carbocycles. The van der Waals surface area contributed by atoms with Gasteiger partial charge in [-0.2, -0.15) is 0 Å². The average Bonchev–Trinajstić information content (AvgIpc) is 2.39. The van der Waals surface area contributed by atoms with E-state index in [4.69, 9.17) is 5.73 Å². The molecule has 1 aliphatic carbocycles. The number of nitrogens with two attached hydrogens (primary N) is 1. The van der Waals surface area contributed by atoms with Gasteiger partial charge in [-0.15, -0.1) is 0 Å². The molecule has 0 saturated heterocycles. The van der Waals surface area contributed by atoms with Gasteiger partial charge in [0.2, 0.25) is 5.91 Å². The molecule has 2 unspecified atom stereocenters. The maximum absolute atomic E-state index is 11.2. The monoisotopic (exact) mass is 263 g/mol. The summed E-state index contributed by atoms with van der Waals surface area (Å²) >= 11 is 0. The van der Waals surface area contributed by atoms with Gasteiger partial charge in [-0.3, -0.25) is 9.59 Å². The number of anilines is 1. The summed E-state index contributed by atoms with van der Waals surface area (Å²) in [6, 6.07) is 3.11. The molecule has 2 rings (SSSR count). The second-order valence-electron chi connectivity index (χ2n) is 4.78. The topological polar surface area (TPSA) is 105 Å². The number of hydrogen-bond acceptors (Lipinski definition) is 4. The van der Waals surface area contributed by atoms with E-state index in [2.05, 4.69) is 10.3 Å². The molecule has 1 aromatic rings. The molecule has 102 valence electrons. The number of nitrogens with zero attached hydrogens (tertiary/aromatic N) is 1. The third kappa shape index (κ3) is 3.21. The molecule has 2 atom stereocenters. The number of carbonyl (C=O) groups excluding carboxylic acids is 1. The Labute approximate surface area is 111 Å². The Morgan fingerprint density at radius 3 is 2.63 bits per heavy atom. The molecule has 1 aliphatic rings. The van der Waals surface area contributed by atoms with E-state index in [1.807, 2.05) is 0 Å². The number of carboxylic acid groups (broad SMARTS) is 1. The Bertz CT molecular complexity index is 473. The fourth-order valence-electron chi connectivity index (χ4n) is 2.41. The van der Waals surface area contributed by atoms with Gasteiger partial charge in [0.1, 0.15) is 5.82 Å². The predicted octanol–water partition coefficient (Wildman–Crippen LogP) is 1.24. The summed E-state index contributed by atoms with van der Waals surface area (Å²) in [4.78, 5) is 26.2. The highest BCUT2D eigenvalue weighted by Gasteiger charge is 2.30. The van der Waals surface area contributed by atoms with Crippen molar-refractivity contribution in [2.45, 2.75) is 31.7 Å². The van der Waals surface area contributed by atoms with Gasteiger partial charge in [0.15, 0.2) is 0 Å². The molecule has 0 radical (unpaired) electrons. The largest absolute Gasteiger partial charge is 0.481 e. The first-order valence-electron chi connectivity index (χ1n) is 6.33. The molecule has 0 aliphatic heterocycles. The van der Waals surface area contributed by atoms with Gasteiger partial charge in [-0.25, -0.2) is 4.98 Å². The second kappa shape index (κ2) is 5.69. The first-order chi connectivity index (χ1) is 9.08. The molecule has 1 saturated carbocycles. The Morgan fingerprint density at radius 2 is 2.05 bits per heavy atom. The fourth-order valence-corrected chi connectivity index (χ4v) is 2.41. The van der Waals surface area contributed by atoms with Crippen LogP contribution in [0.25, 0.3) is 0 Å². The van der Waals surface area contributed by atoms with E-state index in [0.717, 1.165) is 19.3 Å². The number of carboxylic acids is 1. The number of aliphatic carboxylic acids is 1. The van der Waals surface area contributed by atoms with Crippen LogP contribution in [-0.2, 0) is 4.79 Å². The third-order valence-corrected chi connectivity index (χ3v) is 3.46. The number of pyridine rings is 1. The Morgan fingerprint density at radius 1 is 1.32 bits per heavy atom. The van der Waals surface area contributed by atoms with Crippen LogP contribution < -0.4 is 11.1 Å². The molecular formula is C13H17N3O3. The van der Waals surface area contributed by atoms with Crippen molar-refractivity contribution in [1.29, 1.82) is 0 Å². The minimum absolute atomic E-state index is 0.113. The van der Waals surface area contributed by atoms with Crippen molar-refractivity contribution < 1.29 is 14.7 Å². The second-order valence-corrected chi connectivity index (χ2v) is 4.78. The summed E-state index contributed by atoms with van der Waals surface area (Å²) in [5.41, 5.74) is 5.47. The van der Waals surface area contributed by atoms with E-state index in [0.29, 0.717) is 17.8 Å². The first kappa shape index (κ1) is 13.3. The van der Waals surface area contributed by atoms with Crippen molar-refractivity contribution in [2.75, 3.05) is 5.32 Å². The summed E-state index contributed by atoms with van der Waals surface area (Å²) in [5.74, 6) is -1.11. The van der Waals surface area contributed by atoms with Crippen molar-refractivity contribution in [3.63, 3.8) is 0 Å². The summed E-state index contributed by atoms with van der Waals surface area (Å²) in [6.07, 6.45) is 4.86. The lowest BCUT2D eigenvalue weighted by Crippen LogP contribution is -2.37. The zero-order valence-electron chi connectivity index (χ0n) is 10.5. The van der Waals surface area contributed by atoms with Crippen LogP contribution in [0.1, 0.15) is 36.0 Å². The molecule has 4 N–H and O–H groups in total. The van der Waals surface area contributed by atoms with E-state index >= 15 is 0 Å². The van der Waals surface area contributed by atoms with E-state index < -0.39 is 11.9 Å². The average molecular weight is 263 g/mol. The molecule has 0 bridgehead atoms. The molecular weight excluding hydrogens is 246 g/mol. The number of rotatable bonds is 4. The van der Waals surface area contributed by atoms with Crippen molar-refractivity contribution >= 4 is 17.7 Å². The van der Waals surface area contributed by atoms with Gasteiger partial charge in [0, 0.05) is 12.2 Å². The molecule has 6 nitrogen and oxygen atoms in total. The highest BCUT2D eigenvalue weighted by atomic mass is 16.4. The van der Waals surface area contributed by atoms with E-state index in [1.165, 1.54) is 6.20 Å². The number of carbonyl (C=O) groups is 2. The van der Waals surface area contributed by atoms with Crippen LogP contribution in [0, 0.1) is 5.92 Å². The van der Waals surface area contributed by atoms with Gasteiger partial charge in [-0.05, 0) is 25.0 Å². The molecule has 1 fully saturated rings. The zero-order valence-corrected chi connectivity index (χ0v) is 10.5. The van der Waals surface area contributed by atoms with Gasteiger partial charge >= 0.3 is 5.97 Å². The molecule has 6 heteroatoms. The predicted molar refractivity (Wildman–Crippen MR) is 69.8 cm³/mol. The fraction of sp³-hybridized carbons (Fsp3) is 0.462. The van der Waals surface area contributed by atoms with Gasteiger partial charge < -0.3 is 16.2 Å². The molecule has 19 heavy (non-hydrogen) atoms. The van der Waals surface area contributed by atoms with Crippen molar-refractivity contribution in [2.24, 2.45) is 11.7 Å². The van der Waals surface area contributed by atoms with E-state index in [1.54, 1.807) is 12.1 Å². The summed E-state index contributed by atoms with van der Waals surface area (Å²) < 4.78 is 0. The van der Waals surface area contributed by atoms with Crippen LogP contribution in [0.4, 0.5) is 5.82 Å². The maximum atomic E-state index is 11.2. The molecule has 1 amide bonds. The van der Waals surface area contributed by atoms with Crippen molar-refractivity contribution in [3.05, 3.63) is 23.9 Å². The number of primary amides is 1. The van der Waals surface area contributed by atoms with Gasteiger partial charge in [0.05, 0.1) is 11.5 Å². The van der Waals surface area contributed by atoms with Crippen LogP contribution in [0.5, 0.6) is 0 Å². The minimum Gasteiger partial charge on any atom is -0.481 e. The lowest BCUT2D eigenvalue weighted by molar-refractivity contribution is -0.143. The normalized spacial score (nSPS) is 22.7. The summed E-state index contributed by atoms with van der Waals surface area (Å²) in [6.45, 7) is 0. The third-order valence-electron chi connectivity index (χ3n) is 3.46. The molecule has 0 spiro atoms. The van der Waals surface area contributed by atoms with Crippen LogP contribution in [-0.4, -0.2) is 28.0 Å². The Hall–Kier alpha value is -2.11.